The van der Waals surface area contributed by atoms with Gasteiger partial charge in [-0.25, -0.2) is 0 Å². The van der Waals surface area contributed by atoms with Gasteiger partial charge in [0.2, 0.25) is 0 Å². The maximum absolute atomic E-state index is 6.11. The molecule has 2 atom stereocenters. The average Bonchev–Trinajstić information content (AvgIpc) is 2.79. The molecule has 0 fully saturated rings. The Morgan fingerprint density at radius 2 is 1.58 bits per heavy atom. The Morgan fingerprint density at radius 1 is 0.970 bits per heavy atom. The summed E-state index contributed by atoms with van der Waals surface area (Å²) in [5.74, 6) is 8.70. The van der Waals surface area contributed by atoms with Gasteiger partial charge in [0.15, 0.2) is 12.2 Å². The van der Waals surface area contributed by atoms with Crippen molar-refractivity contribution in [1.29, 1.82) is 0 Å². The van der Waals surface area contributed by atoms with Crippen molar-refractivity contribution in [1.82, 2.24) is 0 Å². The van der Waals surface area contributed by atoms with E-state index < -0.39 is 0 Å². The summed E-state index contributed by atoms with van der Waals surface area (Å²) in [5, 5.41) is 4.05. The van der Waals surface area contributed by atoms with Crippen LogP contribution < -0.4 is 14.2 Å². The standard InChI is InChI=1S/C28H35NO4/c1-8-10-17-31-26-18-20(3)28(21(4)19-26)33-23(6)12-11-22(5)32-25-15-13-24(14-16-25)27(9-2)29-30-7/h8,10,13-16,18-19,22-23H,9,17H2,1-7H3/b10-8+,29-27-. The van der Waals surface area contributed by atoms with Crippen molar-refractivity contribution in [3.63, 3.8) is 0 Å². The van der Waals surface area contributed by atoms with Crippen LogP contribution in [0.4, 0.5) is 0 Å². The highest BCUT2D eigenvalue weighted by Gasteiger charge is 2.10. The predicted octanol–water partition coefficient (Wildman–Crippen LogP) is 6.26. The van der Waals surface area contributed by atoms with E-state index in [0.29, 0.717) is 6.61 Å². The lowest BCUT2D eigenvalue weighted by Gasteiger charge is -2.16. The van der Waals surface area contributed by atoms with Crippen molar-refractivity contribution in [3.05, 3.63) is 65.2 Å². The van der Waals surface area contributed by atoms with Gasteiger partial charge in [-0.3, -0.25) is 0 Å². The Morgan fingerprint density at radius 3 is 2.12 bits per heavy atom. The highest BCUT2D eigenvalue weighted by atomic mass is 16.6. The largest absolute Gasteiger partial charge is 0.490 e. The number of nitrogens with zero attached hydrogens (tertiary/aromatic N) is 1. The molecule has 0 radical (unpaired) electrons. The zero-order valence-corrected chi connectivity index (χ0v) is 20.8. The normalized spacial score (nSPS) is 13.1. The minimum atomic E-state index is -0.275. The van der Waals surface area contributed by atoms with Gasteiger partial charge in [0, 0.05) is 0 Å². The van der Waals surface area contributed by atoms with Crippen molar-refractivity contribution < 1.29 is 19.0 Å². The van der Waals surface area contributed by atoms with Crippen LogP contribution in [0.5, 0.6) is 17.2 Å². The monoisotopic (exact) mass is 449 g/mol. The molecule has 2 aromatic carbocycles. The van der Waals surface area contributed by atoms with Crippen LogP contribution in [0.15, 0.2) is 53.7 Å². The zero-order valence-electron chi connectivity index (χ0n) is 20.8. The van der Waals surface area contributed by atoms with E-state index in [0.717, 1.165) is 46.1 Å². The van der Waals surface area contributed by atoms with Crippen molar-refractivity contribution in [3.8, 4) is 29.1 Å². The van der Waals surface area contributed by atoms with Crippen LogP contribution in [-0.4, -0.2) is 31.6 Å². The summed E-state index contributed by atoms with van der Waals surface area (Å²) in [5.41, 5.74) is 3.95. The fraction of sp³-hybridized carbons (Fsp3) is 0.393. The van der Waals surface area contributed by atoms with Gasteiger partial charge >= 0.3 is 0 Å². The summed E-state index contributed by atoms with van der Waals surface area (Å²) in [4.78, 5) is 4.90. The number of hydrogen-bond donors (Lipinski definition) is 0. The number of aryl methyl sites for hydroxylation is 2. The van der Waals surface area contributed by atoms with E-state index in [2.05, 4.69) is 17.0 Å². The Balaban J connectivity index is 1.97. The second-order valence-electron chi connectivity index (χ2n) is 7.67. The van der Waals surface area contributed by atoms with Gasteiger partial charge in [-0.1, -0.05) is 36.1 Å². The molecule has 0 heterocycles. The molecular formula is C28H35NO4. The third-order valence-corrected chi connectivity index (χ3v) is 4.84. The number of rotatable bonds is 10. The Bertz CT molecular complexity index is 989. The number of ether oxygens (including phenoxy) is 3. The van der Waals surface area contributed by atoms with Crippen molar-refractivity contribution >= 4 is 5.71 Å². The molecule has 0 aromatic heterocycles. The third kappa shape index (κ3) is 8.23. The third-order valence-electron chi connectivity index (χ3n) is 4.84. The smallest absolute Gasteiger partial charge is 0.156 e. The van der Waals surface area contributed by atoms with Gasteiger partial charge in [-0.15, -0.1) is 0 Å². The number of hydrogen-bond acceptors (Lipinski definition) is 5. The Kier molecular flexibility index (Phi) is 10.4. The predicted molar refractivity (Wildman–Crippen MR) is 134 cm³/mol. The fourth-order valence-electron chi connectivity index (χ4n) is 3.25. The van der Waals surface area contributed by atoms with Crippen molar-refractivity contribution in [2.75, 3.05) is 13.7 Å². The van der Waals surface area contributed by atoms with E-state index in [1.165, 1.54) is 0 Å². The van der Waals surface area contributed by atoms with Crippen LogP contribution in [0.3, 0.4) is 0 Å². The van der Waals surface area contributed by atoms with Gasteiger partial charge in [0.1, 0.15) is 31.0 Å². The molecule has 5 heteroatoms. The molecule has 33 heavy (non-hydrogen) atoms. The van der Waals surface area contributed by atoms with Crippen molar-refractivity contribution in [2.24, 2.45) is 5.16 Å². The van der Waals surface area contributed by atoms with E-state index in [1.807, 2.05) is 90.1 Å². The molecule has 0 aliphatic carbocycles. The molecule has 0 saturated heterocycles. The topological polar surface area (TPSA) is 49.3 Å². The lowest BCUT2D eigenvalue weighted by Crippen LogP contribution is -2.14. The van der Waals surface area contributed by atoms with Gasteiger partial charge < -0.3 is 19.0 Å². The minimum Gasteiger partial charge on any atom is -0.490 e. The number of oxime groups is 1. The first kappa shape index (κ1) is 25.9. The fourth-order valence-corrected chi connectivity index (χ4v) is 3.25. The maximum Gasteiger partial charge on any atom is 0.156 e. The number of benzene rings is 2. The zero-order chi connectivity index (χ0) is 24.2. The van der Waals surface area contributed by atoms with Gasteiger partial charge in [0.05, 0.1) is 5.71 Å². The summed E-state index contributed by atoms with van der Waals surface area (Å²) >= 11 is 0. The van der Waals surface area contributed by atoms with Crippen molar-refractivity contribution in [2.45, 2.75) is 60.2 Å². The molecule has 0 saturated carbocycles. The molecule has 5 nitrogen and oxygen atoms in total. The summed E-state index contributed by atoms with van der Waals surface area (Å²) in [6, 6.07) is 11.8. The average molecular weight is 450 g/mol. The van der Waals surface area contributed by atoms with Gasteiger partial charge in [-0.2, -0.15) is 0 Å². The van der Waals surface area contributed by atoms with Crippen LogP contribution >= 0.6 is 0 Å². The first-order valence-electron chi connectivity index (χ1n) is 11.3. The second kappa shape index (κ2) is 13.2. The van der Waals surface area contributed by atoms with Crippen LogP contribution in [0, 0.1) is 25.7 Å². The van der Waals surface area contributed by atoms with Crippen LogP contribution in [0.1, 0.15) is 50.8 Å². The molecule has 0 N–H and O–H groups in total. The molecule has 0 aliphatic heterocycles. The first-order chi connectivity index (χ1) is 15.9. The molecule has 176 valence electrons. The van der Waals surface area contributed by atoms with E-state index >= 15 is 0 Å². The molecule has 0 spiro atoms. The minimum absolute atomic E-state index is 0.273. The van der Waals surface area contributed by atoms with Crippen LogP contribution in [0.25, 0.3) is 0 Å². The SMILES string of the molecule is C/C=C/COc1cc(C)c(OC(C)C#CC(C)Oc2ccc(/C(CC)=N\OC)cc2)c(C)c1. The highest BCUT2D eigenvalue weighted by Crippen LogP contribution is 2.29. The molecule has 2 aromatic rings. The molecule has 0 amide bonds. The summed E-state index contributed by atoms with van der Waals surface area (Å²) in [6.07, 6.45) is 4.19. The molecule has 2 unspecified atom stereocenters. The van der Waals surface area contributed by atoms with E-state index in [9.17, 15) is 0 Å². The second-order valence-corrected chi connectivity index (χ2v) is 7.67. The quantitative estimate of drug-likeness (QED) is 0.186. The van der Waals surface area contributed by atoms with E-state index in [-0.39, 0.29) is 12.2 Å². The van der Waals surface area contributed by atoms with E-state index in [1.54, 1.807) is 7.11 Å². The number of allylic oxidation sites excluding steroid dienone is 1. The van der Waals surface area contributed by atoms with Crippen LogP contribution in [-0.2, 0) is 4.84 Å². The highest BCUT2D eigenvalue weighted by molar-refractivity contribution is 6.00. The summed E-state index contributed by atoms with van der Waals surface area (Å²) < 4.78 is 17.8. The van der Waals surface area contributed by atoms with Crippen LogP contribution in [0.2, 0.25) is 0 Å². The maximum atomic E-state index is 6.11. The van der Waals surface area contributed by atoms with Gasteiger partial charge in [-0.05, 0) is 94.1 Å². The molecule has 2 rings (SSSR count). The summed E-state index contributed by atoms with van der Waals surface area (Å²) in [6.45, 7) is 12.5. The molecule has 0 aliphatic rings. The Labute approximate surface area is 198 Å². The lowest BCUT2D eigenvalue weighted by molar-refractivity contribution is 0.213. The van der Waals surface area contributed by atoms with E-state index in [4.69, 9.17) is 19.0 Å². The van der Waals surface area contributed by atoms with Gasteiger partial charge in [0.25, 0.3) is 0 Å². The molecular weight excluding hydrogens is 414 g/mol. The lowest BCUT2D eigenvalue weighted by atomic mass is 10.1. The Hall–Kier alpha value is -3.39. The first-order valence-corrected chi connectivity index (χ1v) is 11.3. The summed E-state index contributed by atoms with van der Waals surface area (Å²) in [7, 11) is 1.55. The molecule has 0 bridgehead atoms.